The predicted octanol–water partition coefficient (Wildman–Crippen LogP) is 2.12. The number of amides is 2. The van der Waals surface area contributed by atoms with Gasteiger partial charge in [-0.25, -0.2) is 5.06 Å². The van der Waals surface area contributed by atoms with E-state index in [0.29, 0.717) is 17.7 Å². The van der Waals surface area contributed by atoms with E-state index in [1.165, 1.54) is 31.2 Å². The molecule has 2 aromatic rings. The monoisotopic (exact) mass is 386 g/mol. The standard InChI is InChI=1S/C16H17F3N4O4/c1-4-22(2)13(24)14(25)23(26-3)9-10-5-7-11(8-6-10)12-20-15(27-21-12)16(17,18)19/h5-8H,4,9H2,1-3H3. The minimum Gasteiger partial charge on any atom is -0.338 e. The molecular weight excluding hydrogens is 369 g/mol. The van der Waals surface area contributed by atoms with Crippen LogP contribution in [0, 0.1) is 0 Å². The van der Waals surface area contributed by atoms with Gasteiger partial charge in [0.25, 0.3) is 0 Å². The van der Waals surface area contributed by atoms with Crippen molar-refractivity contribution >= 4 is 11.8 Å². The maximum Gasteiger partial charge on any atom is 0.471 e. The number of alkyl halides is 3. The van der Waals surface area contributed by atoms with Crippen LogP contribution in [0.2, 0.25) is 0 Å². The van der Waals surface area contributed by atoms with E-state index < -0.39 is 23.9 Å². The number of aromatic nitrogens is 2. The first-order valence-corrected chi connectivity index (χ1v) is 7.78. The van der Waals surface area contributed by atoms with E-state index in [1.54, 1.807) is 19.1 Å². The van der Waals surface area contributed by atoms with E-state index in [2.05, 4.69) is 14.7 Å². The topological polar surface area (TPSA) is 88.8 Å². The van der Waals surface area contributed by atoms with Gasteiger partial charge in [-0.15, -0.1) is 0 Å². The van der Waals surface area contributed by atoms with Gasteiger partial charge in [-0.05, 0) is 12.5 Å². The molecule has 0 bridgehead atoms. The van der Waals surface area contributed by atoms with Crippen LogP contribution in [-0.2, 0) is 27.1 Å². The third kappa shape index (κ3) is 4.82. The fourth-order valence-electron chi connectivity index (χ4n) is 2.01. The van der Waals surface area contributed by atoms with Gasteiger partial charge < -0.3 is 9.42 Å². The highest BCUT2D eigenvalue weighted by Gasteiger charge is 2.38. The average molecular weight is 386 g/mol. The number of nitrogens with zero attached hydrogens (tertiary/aromatic N) is 4. The third-order valence-corrected chi connectivity index (χ3v) is 3.66. The van der Waals surface area contributed by atoms with Crippen LogP contribution >= 0.6 is 0 Å². The Morgan fingerprint density at radius 1 is 1.19 bits per heavy atom. The molecule has 0 aliphatic carbocycles. The van der Waals surface area contributed by atoms with Crippen molar-refractivity contribution in [2.75, 3.05) is 20.7 Å². The Morgan fingerprint density at radius 3 is 2.30 bits per heavy atom. The highest BCUT2D eigenvalue weighted by Crippen LogP contribution is 2.29. The summed E-state index contributed by atoms with van der Waals surface area (Å²) in [6.45, 7) is 2.06. The lowest BCUT2D eigenvalue weighted by atomic mass is 10.1. The molecule has 0 aliphatic rings. The number of hydrogen-bond acceptors (Lipinski definition) is 6. The molecule has 2 amide bonds. The first kappa shape index (κ1) is 20.4. The summed E-state index contributed by atoms with van der Waals surface area (Å²) in [6, 6.07) is 6.04. The zero-order valence-corrected chi connectivity index (χ0v) is 14.8. The summed E-state index contributed by atoms with van der Waals surface area (Å²) >= 11 is 0. The van der Waals surface area contributed by atoms with Crippen LogP contribution in [0.1, 0.15) is 18.4 Å². The molecule has 0 radical (unpaired) electrons. The number of carbonyl (C=O) groups excluding carboxylic acids is 2. The Hall–Kier alpha value is -2.95. The molecule has 0 spiro atoms. The molecule has 1 heterocycles. The Kier molecular flexibility index (Phi) is 6.16. The Labute approximate surface area is 152 Å². The number of likely N-dealkylation sites (N-methyl/N-ethyl adjacent to an activating group) is 1. The van der Waals surface area contributed by atoms with E-state index in [0.717, 1.165) is 5.06 Å². The molecule has 8 nitrogen and oxygen atoms in total. The van der Waals surface area contributed by atoms with E-state index in [4.69, 9.17) is 4.84 Å². The van der Waals surface area contributed by atoms with Crippen molar-refractivity contribution in [2.24, 2.45) is 0 Å². The molecule has 0 atom stereocenters. The molecule has 0 unspecified atom stereocenters. The van der Waals surface area contributed by atoms with E-state index in [1.807, 2.05) is 0 Å². The number of halogens is 3. The summed E-state index contributed by atoms with van der Waals surface area (Å²) in [5, 5.41) is 4.18. The summed E-state index contributed by atoms with van der Waals surface area (Å²) < 4.78 is 41.7. The number of carbonyl (C=O) groups is 2. The van der Waals surface area contributed by atoms with Gasteiger partial charge >= 0.3 is 23.9 Å². The lowest BCUT2D eigenvalue weighted by Gasteiger charge is -2.22. The van der Waals surface area contributed by atoms with Gasteiger partial charge in [0.2, 0.25) is 5.82 Å². The molecule has 27 heavy (non-hydrogen) atoms. The van der Waals surface area contributed by atoms with Crippen molar-refractivity contribution in [2.45, 2.75) is 19.6 Å². The maximum absolute atomic E-state index is 12.5. The van der Waals surface area contributed by atoms with Crippen molar-refractivity contribution in [3.63, 3.8) is 0 Å². The van der Waals surface area contributed by atoms with Crippen molar-refractivity contribution in [1.82, 2.24) is 20.1 Å². The maximum atomic E-state index is 12.5. The second-order valence-electron chi connectivity index (χ2n) is 5.46. The minimum atomic E-state index is -4.72. The highest BCUT2D eigenvalue weighted by atomic mass is 19.4. The zero-order chi connectivity index (χ0) is 20.2. The molecule has 0 fully saturated rings. The molecule has 146 valence electrons. The largest absolute Gasteiger partial charge is 0.471 e. The molecule has 1 aromatic carbocycles. The summed E-state index contributed by atoms with van der Waals surface area (Å²) in [7, 11) is 2.74. The molecule has 0 aliphatic heterocycles. The highest BCUT2D eigenvalue weighted by molar-refractivity contribution is 6.34. The van der Waals surface area contributed by atoms with Gasteiger partial charge in [0, 0.05) is 19.2 Å². The first-order valence-electron chi connectivity index (χ1n) is 7.78. The van der Waals surface area contributed by atoms with E-state index in [-0.39, 0.29) is 12.4 Å². The Morgan fingerprint density at radius 2 is 1.81 bits per heavy atom. The Bertz CT molecular complexity index is 805. The van der Waals surface area contributed by atoms with Gasteiger partial charge in [0.05, 0.1) is 13.7 Å². The molecule has 1 aromatic heterocycles. The van der Waals surface area contributed by atoms with Crippen LogP contribution in [0.4, 0.5) is 13.2 Å². The van der Waals surface area contributed by atoms with Crippen molar-refractivity contribution in [1.29, 1.82) is 0 Å². The molecule has 11 heteroatoms. The SMILES string of the molecule is CCN(C)C(=O)C(=O)N(Cc1ccc(-c2noc(C(F)(F)F)n2)cc1)OC. The van der Waals surface area contributed by atoms with Crippen molar-refractivity contribution < 1.29 is 32.1 Å². The number of rotatable bonds is 5. The van der Waals surface area contributed by atoms with E-state index >= 15 is 0 Å². The molecule has 0 N–H and O–H groups in total. The summed E-state index contributed by atoms with van der Waals surface area (Å²) in [4.78, 5) is 33.6. The Balaban J connectivity index is 2.11. The van der Waals surface area contributed by atoms with Gasteiger partial charge in [-0.3, -0.25) is 14.4 Å². The van der Waals surface area contributed by atoms with Crippen LogP contribution in [0.25, 0.3) is 11.4 Å². The number of benzene rings is 1. The molecule has 2 rings (SSSR count). The molecule has 0 saturated heterocycles. The van der Waals surface area contributed by atoms with Crippen molar-refractivity contribution in [3.8, 4) is 11.4 Å². The van der Waals surface area contributed by atoms with Gasteiger partial charge in [-0.1, -0.05) is 29.4 Å². The van der Waals surface area contributed by atoms with Crippen LogP contribution in [0.3, 0.4) is 0 Å². The summed E-state index contributed by atoms with van der Waals surface area (Å²) in [6.07, 6.45) is -4.72. The summed E-state index contributed by atoms with van der Waals surface area (Å²) in [5.74, 6) is -3.20. The van der Waals surface area contributed by atoms with Crippen LogP contribution in [0.15, 0.2) is 28.8 Å². The zero-order valence-electron chi connectivity index (χ0n) is 14.8. The summed E-state index contributed by atoms with van der Waals surface area (Å²) in [5.41, 5.74) is 0.885. The smallest absolute Gasteiger partial charge is 0.338 e. The second-order valence-corrected chi connectivity index (χ2v) is 5.46. The molecular formula is C16H17F3N4O4. The van der Waals surface area contributed by atoms with Gasteiger partial charge in [-0.2, -0.15) is 18.2 Å². The lowest BCUT2D eigenvalue weighted by Crippen LogP contribution is -2.42. The quantitative estimate of drug-likeness (QED) is 0.578. The lowest BCUT2D eigenvalue weighted by molar-refractivity contribution is -0.185. The fourth-order valence-corrected chi connectivity index (χ4v) is 2.01. The van der Waals surface area contributed by atoms with Crippen LogP contribution < -0.4 is 0 Å². The number of hydroxylamine groups is 2. The fraction of sp³-hybridized carbons (Fsp3) is 0.375. The normalized spacial score (nSPS) is 11.3. The predicted molar refractivity (Wildman–Crippen MR) is 85.6 cm³/mol. The van der Waals surface area contributed by atoms with Crippen molar-refractivity contribution in [3.05, 3.63) is 35.7 Å². The van der Waals surface area contributed by atoms with Crippen LogP contribution in [-0.4, -0.2) is 52.6 Å². The van der Waals surface area contributed by atoms with E-state index in [9.17, 15) is 22.8 Å². The van der Waals surface area contributed by atoms with Crippen LogP contribution in [0.5, 0.6) is 0 Å². The second kappa shape index (κ2) is 8.16. The molecule has 0 saturated carbocycles. The number of hydrogen-bond donors (Lipinski definition) is 0. The minimum absolute atomic E-state index is 0.0288. The third-order valence-electron chi connectivity index (χ3n) is 3.66. The van der Waals surface area contributed by atoms with Gasteiger partial charge in [0.15, 0.2) is 0 Å². The average Bonchev–Trinajstić information content (AvgIpc) is 3.15. The first-order chi connectivity index (χ1) is 12.7. The van der Waals surface area contributed by atoms with Gasteiger partial charge in [0.1, 0.15) is 0 Å².